The number of hydrogen-bond acceptors (Lipinski definition) is 6. The summed E-state index contributed by atoms with van der Waals surface area (Å²) in [5.74, 6) is 0.0103. The number of unbranched alkanes of at least 4 members (excludes halogenated alkanes) is 1. The fraction of sp³-hybridized carbons (Fsp3) is 0.308. The summed E-state index contributed by atoms with van der Waals surface area (Å²) in [4.78, 5) is 29.1. The van der Waals surface area contributed by atoms with E-state index >= 15 is 0 Å². The second-order valence-electron chi connectivity index (χ2n) is 8.66. The number of rotatable bonds is 12. The molecule has 2 aromatic carbocycles. The first-order chi connectivity index (χ1) is 17.5. The number of aromatic nitrogens is 6. The molecule has 0 radical (unpaired) electrons. The lowest BCUT2D eigenvalue weighted by molar-refractivity contribution is -0.137. The third-order valence-corrected chi connectivity index (χ3v) is 5.84. The second-order valence-corrected chi connectivity index (χ2v) is 8.66. The minimum atomic E-state index is -0.963. The molecule has 0 saturated heterocycles. The van der Waals surface area contributed by atoms with Crippen LogP contribution in [0.5, 0.6) is 0 Å². The number of aromatic amines is 1. The molecule has 36 heavy (non-hydrogen) atoms. The second kappa shape index (κ2) is 11.9. The number of carboxylic acid groups (broad SMARTS) is 1. The van der Waals surface area contributed by atoms with Gasteiger partial charge in [0.15, 0.2) is 0 Å². The van der Waals surface area contributed by atoms with Crippen LogP contribution in [0.3, 0.4) is 0 Å². The van der Waals surface area contributed by atoms with Crippen molar-refractivity contribution in [2.75, 3.05) is 0 Å². The summed E-state index contributed by atoms with van der Waals surface area (Å²) in [5, 5.41) is 26.3. The number of aliphatic carboxylic acids is 1. The SMILES string of the molecule is CCCCc1nc(C(=O)N[C@@H](CC(=O)O)Cc2ccccc2)cn1Cc1ccc(-c2nn[nH]n2)cc1. The van der Waals surface area contributed by atoms with Crippen molar-refractivity contribution in [1.82, 2.24) is 35.5 Å². The molecule has 186 valence electrons. The zero-order chi connectivity index (χ0) is 25.3. The van der Waals surface area contributed by atoms with Gasteiger partial charge >= 0.3 is 5.97 Å². The largest absolute Gasteiger partial charge is 0.481 e. The Bertz CT molecular complexity index is 1270. The highest BCUT2D eigenvalue weighted by Gasteiger charge is 2.21. The third kappa shape index (κ3) is 6.62. The molecule has 2 aromatic heterocycles. The van der Waals surface area contributed by atoms with E-state index in [4.69, 9.17) is 0 Å². The number of amides is 1. The molecular formula is C26H29N7O3. The van der Waals surface area contributed by atoms with E-state index in [1.807, 2.05) is 59.2 Å². The average molecular weight is 488 g/mol. The van der Waals surface area contributed by atoms with Gasteiger partial charge in [0, 0.05) is 30.8 Å². The number of benzene rings is 2. The number of aryl methyl sites for hydroxylation is 1. The van der Waals surface area contributed by atoms with Gasteiger partial charge in [-0.05, 0) is 29.2 Å². The maximum atomic E-state index is 13.1. The summed E-state index contributed by atoms with van der Waals surface area (Å²) in [6.07, 6.45) is 4.70. The molecule has 0 saturated carbocycles. The molecule has 0 aliphatic carbocycles. The summed E-state index contributed by atoms with van der Waals surface area (Å²) >= 11 is 0. The first-order valence-corrected chi connectivity index (χ1v) is 12.0. The van der Waals surface area contributed by atoms with E-state index in [-0.39, 0.29) is 18.0 Å². The molecule has 1 atom stereocenters. The molecule has 0 fully saturated rings. The van der Waals surface area contributed by atoms with E-state index in [2.05, 4.69) is 37.8 Å². The maximum Gasteiger partial charge on any atom is 0.305 e. The first kappa shape index (κ1) is 24.8. The minimum Gasteiger partial charge on any atom is -0.481 e. The Balaban J connectivity index is 1.50. The lowest BCUT2D eigenvalue weighted by Crippen LogP contribution is -2.38. The highest BCUT2D eigenvalue weighted by Crippen LogP contribution is 2.17. The van der Waals surface area contributed by atoms with Gasteiger partial charge < -0.3 is 15.0 Å². The van der Waals surface area contributed by atoms with Crippen molar-refractivity contribution >= 4 is 11.9 Å². The molecule has 10 nitrogen and oxygen atoms in total. The van der Waals surface area contributed by atoms with Crippen LogP contribution < -0.4 is 5.32 Å². The van der Waals surface area contributed by atoms with Crippen molar-refractivity contribution < 1.29 is 14.7 Å². The van der Waals surface area contributed by atoms with Crippen LogP contribution in [0.4, 0.5) is 0 Å². The zero-order valence-electron chi connectivity index (χ0n) is 20.1. The molecule has 0 aliphatic heterocycles. The molecule has 0 bridgehead atoms. The molecule has 2 heterocycles. The molecule has 3 N–H and O–H groups in total. The van der Waals surface area contributed by atoms with Gasteiger partial charge in [-0.2, -0.15) is 5.21 Å². The van der Waals surface area contributed by atoms with Crippen molar-refractivity contribution in [2.45, 2.75) is 51.6 Å². The summed E-state index contributed by atoms with van der Waals surface area (Å²) in [7, 11) is 0. The van der Waals surface area contributed by atoms with E-state index in [0.29, 0.717) is 18.8 Å². The number of nitrogens with zero attached hydrogens (tertiary/aromatic N) is 5. The fourth-order valence-electron chi connectivity index (χ4n) is 4.02. The number of tetrazole rings is 1. The van der Waals surface area contributed by atoms with E-state index in [0.717, 1.165) is 41.8 Å². The summed E-state index contributed by atoms with van der Waals surface area (Å²) in [6.45, 7) is 2.66. The Hall–Kier alpha value is -4.34. The number of nitrogens with one attached hydrogen (secondary N) is 2. The Morgan fingerprint density at radius 3 is 2.53 bits per heavy atom. The summed E-state index contributed by atoms with van der Waals surface area (Å²) in [5.41, 5.74) is 3.14. The van der Waals surface area contributed by atoms with Gasteiger partial charge in [0.25, 0.3) is 5.91 Å². The summed E-state index contributed by atoms with van der Waals surface area (Å²) in [6, 6.07) is 16.8. The Kier molecular flexibility index (Phi) is 8.17. The molecule has 10 heteroatoms. The third-order valence-electron chi connectivity index (χ3n) is 5.84. The molecule has 4 rings (SSSR count). The number of carbonyl (C=O) groups excluding carboxylic acids is 1. The van der Waals surface area contributed by atoms with Crippen LogP contribution >= 0.6 is 0 Å². The Morgan fingerprint density at radius 2 is 1.86 bits per heavy atom. The van der Waals surface area contributed by atoms with Crippen molar-refractivity contribution in [2.24, 2.45) is 0 Å². The lowest BCUT2D eigenvalue weighted by Gasteiger charge is -2.16. The monoisotopic (exact) mass is 487 g/mol. The number of carboxylic acids is 1. The van der Waals surface area contributed by atoms with Gasteiger partial charge in [-0.1, -0.05) is 67.9 Å². The van der Waals surface area contributed by atoms with Gasteiger partial charge in [-0.15, -0.1) is 10.2 Å². The van der Waals surface area contributed by atoms with E-state index in [1.54, 1.807) is 6.20 Å². The van der Waals surface area contributed by atoms with Crippen LogP contribution in [0.25, 0.3) is 11.4 Å². The van der Waals surface area contributed by atoms with Crippen LogP contribution in [0.2, 0.25) is 0 Å². The standard InChI is InChI=1S/C26H29N7O3/c1-2-3-9-23-28-22(26(36)27-21(15-24(34)35)14-18-7-5-4-6-8-18)17-33(23)16-19-10-12-20(13-11-19)25-29-31-32-30-25/h4-8,10-13,17,21H,2-3,9,14-16H2,1H3,(H,27,36)(H,34,35)(H,29,30,31,32)/t21-/m1/s1. The summed E-state index contributed by atoms with van der Waals surface area (Å²) < 4.78 is 1.98. The Morgan fingerprint density at radius 1 is 1.08 bits per heavy atom. The number of carbonyl (C=O) groups is 2. The van der Waals surface area contributed by atoms with Gasteiger partial charge in [0.05, 0.1) is 6.42 Å². The number of hydrogen-bond donors (Lipinski definition) is 3. The van der Waals surface area contributed by atoms with Crippen LogP contribution in [-0.2, 0) is 24.2 Å². The Labute approximate surface area is 208 Å². The molecule has 0 spiro atoms. The molecule has 4 aromatic rings. The van der Waals surface area contributed by atoms with Crippen LogP contribution in [0, 0.1) is 0 Å². The predicted octanol–water partition coefficient (Wildman–Crippen LogP) is 3.27. The lowest BCUT2D eigenvalue weighted by atomic mass is 10.0. The van der Waals surface area contributed by atoms with Gasteiger partial charge in [0.1, 0.15) is 11.5 Å². The highest BCUT2D eigenvalue weighted by atomic mass is 16.4. The maximum absolute atomic E-state index is 13.1. The average Bonchev–Trinajstić information content (AvgIpc) is 3.54. The van der Waals surface area contributed by atoms with Gasteiger partial charge in [-0.25, -0.2) is 4.98 Å². The predicted molar refractivity (Wildman–Crippen MR) is 133 cm³/mol. The minimum absolute atomic E-state index is 0.170. The first-order valence-electron chi connectivity index (χ1n) is 12.0. The van der Waals surface area contributed by atoms with Crippen LogP contribution in [-0.4, -0.2) is 53.2 Å². The van der Waals surface area contributed by atoms with E-state index < -0.39 is 12.0 Å². The molecule has 0 aliphatic rings. The van der Waals surface area contributed by atoms with Crippen molar-refractivity contribution in [3.05, 3.63) is 83.4 Å². The van der Waals surface area contributed by atoms with Crippen molar-refractivity contribution in [3.63, 3.8) is 0 Å². The van der Waals surface area contributed by atoms with Gasteiger partial charge in [0.2, 0.25) is 5.82 Å². The molecule has 0 unspecified atom stereocenters. The molecule has 1 amide bonds. The zero-order valence-corrected chi connectivity index (χ0v) is 20.1. The number of imidazole rings is 1. The molecular weight excluding hydrogens is 458 g/mol. The van der Waals surface area contributed by atoms with E-state index in [9.17, 15) is 14.7 Å². The van der Waals surface area contributed by atoms with Gasteiger partial charge in [-0.3, -0.25) is 9.59 Å². The fourth-order valence-corrected chi connectivity index (χ4v) is 4.02. The number of H-pyrrole nitrogens is 1. The normalized spacial score (nSPS) is 11.8. The van der Waals surface area contributed by atoms with E-state index in [1.165, 1.54) is 0 Å². The van der Waals surface area contributed by atoms with Crippen LogP contribution in [0.1, 0.15) is 53.6 Å². The van der Waals surface area contributed by atoms with Crippen molar-refractivity contribution in [3.8, 4) is 11.4 Å². The highest BCUT2D eigenvalue weighted by molar-refractivity contribution is 5.92. The van der Waals surface area contributed by atoms with Crippen LogP contribution in [0.15, 0.2) is 60.8 Å². The smallest absolute Gasteiger partial charge is 0.305 e. The quantitative estimate of drug-likeness (QED) is 0.279. The van der Waals surface area contributed by atoms with Crippen molar-refractivity contribution in [1.29, 1.82) is 0 Å². The topological polar surface area (TPSA) is 139 Å².